The van der Waals surface area contributed by atoms with Gasteiger partial charge >= 0.3 is 0 Å². The second kappa shape index (κ2) is 8.63. The normalized spacial score (nSPS) is 15.3. The van der Waals surface area contributed by atoms with Crippen molar-refractivity contribution in [2.75, 3.05) is 18.8 Å². The molecule has 0 saturated carbocycles. The molecule has 1 amide bonds. The van der Waals surface area contributed by atoms with Crippen molar-refractivity contribution in [3.63, 3.8) is 0 Å². The van der Waals surface area contributed by atoms with Crippen LogP contribution in [0.5, 0.6) is 11.6 Å². The molecule has 1 unspecified atom stereocenters. The molecule has 0 radical (unpaired) electrons. The summed E-state index contributed by atoms with van der Waals surface area (Å²) in [5.41, 5.74) is 8.93. The Morgan fingerprint density at radius 3 is 2.85 bits per heavy atom. The third kappa shape index (κ3) is 3.80. The molecule has 1 aliphatic heterocycles. The number of anilines is 1. The second-order valence-corrected chi connectivity index (χ2v) is 7.79. The highest BCUT2D eigenvalue weighted by atomic mass is 16.5. The van der Waals surface area contributed by atoms with Gasteiger partial charge in [0.05, 0.1) is 29.0 Å². The van der Waals surface area contributed by atoms with Crippen LogP contribution in [-0.4, -0.2) is 48.2 Å². The van der Waals surface area contributed by atoms with E-state index in [-0.39, 0.29) is 11.8 Å². The highest BCUT2D eigenvalue weighted by molar-refractivity contribution is 5.87. The predicted octanol–water partition coefficient (Wildman–Crippen LogP) is 2.93. The van der Waals surface area contributed by atoms with Crippen LogP contribution in [0, 0.1) is 11.3 Å². The molecule has 0 aliphatic carbocycles. The number of imidazole rings is 1. The molecule has 1 aliphatic rings. The van der Waals surface area contributed by atoms with E-state index in [1.165, 1.54) is 12.3 Å². The zero-order valence-corrected chi connectivity index (χ0v) is 18.1. The molecule has 0 aromatic carbocycles. The average molecular weight is 452 g/mol. The van der Waals surface area contributed by atoms with Crippen molar-refractivity contribution in [1.29, 1.82) is 5.26 Å². The number of amides is 1. The van der Waals surface area contributed by atoms with E-state index >= 15 is 0 Å². The van der Waals surface area contributed by atoms with Crippen LogP contribution in [0.4, 0.5) is 5.95 Å². The number of aromatic nitrogens is 5. The Hall–Kier alpha value is -4.78. The lowest BCUT2D eigenvalue weighted by Crippen LogP contribution is -2.26. The molecule has 1 atom stereocenters. The smallest absolute Gasteiger partial charge is 0.245 e. The Labute approximate surface area is 195 Å². The van der Waals surface area contributed by atoms with Gasteiger partial charge < -0.3 is 15.4 Å². The van der Waals surface area contributed by atoms with E-state index in [0.29, 0.717) is 47.7 Å². The van der Waals surface area contributed by atoms with E-state index in [0.717, 1.165) is 17.6 Å². The van der Waals surface area contributed by atoms with Crippen molar-refractivity contribution in [1.82, 2.24) is 29.2 Å². The van der Waals surface area contributed by atoms with Crippen LogP contribution in [0.15, 0.2) is 61.6 Å². The minimum absolute atomic E-state index is 0.0653. The molecule has 4 aromatic heterocycles. The van der Waals surface area contributed by atoms with Crippen molar-refractivity contribution < 1.29 is 9.53 Å². The van der Waals surface area contributed by atoms with E-state index in [4.69, 9.17) is 20.7 Å². The molecule has 0 spiro atoms. The van der Waals surface area contributed by atoms with Gasteiger partial charge in [-0.3, -0.25) is 9.20 Å². The van der Waals surface area contributed by atoms with Gasteiger partial charge in [0.2, 0.25) is 17.7 Å². The second-order valence-electron chi connectivity index (χ2n) is 7.79. The standard InChI is InChI=1S/C24H20N8O2/c1-2-21(33)31-10-7-16(14-31)22-19-6-9-28-24(26)32(19)23(30-22)18-4-3-17(13-29-18)34-20-11-15(12-25)5-8-27-20/h2-6,8-9,11,13,16H,1,7,10,14H2,(H2,26,28). The summed E-state index contributed by atoms with van der Waals surface area (Å²) in [4.78, 5) is 31.5. The van der Waals surface area contributed by atoms with E-state index in [2.05, 4.69) is 27.6 Å². The highest BCUT2D eigenvalue weighted by Gasteiger charge is 2.30. The van der Waals surface area contributed by atoms with Crippen molar-refractivity contribution in [3.05, 3.63) is 72.8 Å². The summed E-state index contributed by atoms with van der Waals surface area (Å²) in [7, 11) is 0. The molecule has 10 nitrogen and oxygen atoms in total. The number of hydrogen-bond donors (Lipinski definition) is 1. The molecule has 34 heavy (non-hydrogen) atoms. The average Bonchev–Trinajstić information content (AvgIpc) is 3.50. The monoisotopic (exact) mass is 452 g/mol. The quantitative estimate of drug-likeness (QED) is 0.457. The lowest BCUT2D eigenvalue weighted by atomic mass is 10.0. The first-order valence-electron chi connectivity index (χ1n) is 10.6. The fraction of sp³-hybridized carbons (Fsp3) is 0.167. The fourth-order valence-electron chi connectivity index (χ4n) is 4.10. The van der Waals surface area contributed by atoms with Gasteiger partial charge in [0.25, 0.3) is 0 Å². The number of carbonyl (C=O) groups is 1. The summed E-state index contributed by atoms with van der Waals surface area (Å²) in [5.74, 6) is 1.60. The number of nitriles is 1. The number of nitrogen functional groups attached to an aromatic ring is 1. The summed E-state index contributed by atoms with van der Waals surface area (Å²) >= 11 is 0. The van der Waals surface area contributed by atoms with Gasteiger partial charge in [-0.1, -0.05) is 6.58 Å². The molecule has 10 heteroatoms. The first kappa shape index (κ1) is 21.1. The molecular formula is C24H20N8O2. The van der Waals surface area contributed by atoms with E-state index in [1.807, 2.05) is 6.07 Å². The molecule has 5 heterocycles. The van der Waals surface area contributed by atoms with Gasteiger partial charge in [-0.25, -0.2) is 19.9 Å². The molecule has 2 N–H and O–H groups in total. The highest BCUT2D eigenvalue weighted by Crippen LogP contribution is 2.33. The minimum Gasteiger partial charge on any atom is -0.437 e. The first-order chi connectivity index (χ1) is 16.6. The maximum absolute atomic E-state index is 12.0. The lowest BCUT2D eigenvalue weighted by Gasteiger charge is -2.13. The van der Waals surface area contributed by atoms with Crippen molar-refractivity contribution in [2.24, 2.45) is 0 Å². The maximum Gasteiger partial charge on any atom is 0.245 e. The number of pyridine rings is 2. The van der Waals surface area contributed by atoms with E-state index in [9.17, 15) is 4.79 Å². The Kier molecular flexibility index (Phi) is 5.35. The van der Waals surface area contributed by atoms with Crippen LogP contribution in [0.25, 0.3) is 17.0 Å². The number of rotatable bonds is 5. The van der Waals surface area contributed by atoms with Gasteiger partial charge in [0.15, 0.2) is 5.82 Å². The maximum atomic E-state index is 12.0. The zero-order valence-electron chi connectivity index (χ0n) is 18.1. The van der Waals surface area contributed by atoms with E-state index in [1.54, 1.807) is 46.0 Å². The van der Waals surface area contributed by atoms with Gasteiger partial charge in [-0.05, 0) is 36.8 Å². The summed E-state index contributed by atoms with van der Waals surface area (Å²) in [6.45, 7) is 4.79. The van der Waals surface area contributed by atoms with Gasteiger partial charge in [0.1, 0.15) is 11.4 Å². The number of ether oxygens (including phenoxy) is 1. The van der Waals surface area contributed by atoms with E-state index < -0.39 is 0 Å². The van der Waals surface area contributed by atoms with Crippen LogP contribution in [0.2, 0.25) is 0 Å². The topological polar surface area (TPSA) is 135 Å². The van der Waals surface area contributed by atoms with Gasteiger partial charge in [-0.15, -0.1) is 0 Å². The Morgan fingerprint density at radius 1 is 1.24 bits per heavy atom. The van der Waals surface area contributed by atoms with Crippen LogP contribution >= 0.6 is 0 Å². The van der Waals surface area contributed by atoms with Gasteiger partial charge in [0, 0.05) is 37.5 Å². The summed E-state index contributed by atoms with van der Waals surface area (Å²) in [6, 6.07) is 10.6. The summed E-state index contributed by atoms with van der Waals surface area (Å²) < 4.78 is 7.49. The van der Waals surface area contributed by atoms with Crippen LogP contribution < -0.4 is 10.5 Å². The SMILES string of the molecule is C=CC(=O)N1CCC(c2nc(-c3ccc(Oc4cc(C#N)ccn4)cn3)n3c(N)nccc23)C1. The number of hydrogen-bond acceptors (Lipinski definition) is 8. The fourth-order valence-corrected chi connectivity index (χ4v) is 4.10. The van der Waals surface area contributed by atoms with Crippen LogP contribution in [-0.2, 0) is 4.79 Å². The Bertz CT molecular complexity index is 1440. The number of nitrogens with zero attached hydrogens (tertiary/aromatic N) is 7. The van der Waals surface area contributed by atoms with Crippen molar-refractivity contribution in [3.8, 4) is 29.2 Å². The number of likely N-dealkylation sites (tertiary alicyclic amines) is 1. The molecule has 168 valence electrons. The van der Waals surface area contributed by atoms with Crippen LogP contribution in [0.1, 0.15) is 23.6 Å². The zero-order chi connectivity index (χ0) is 23.7. The summed E-state index contributed by atoms with van der Waals surface area (Å²) in [5, 5.41) is 9.04. The van der Waals surface area contributed by atoms with Crippen LogP contribution in [0.3, 0.4) is 0 Å². The molecule has 1 fully saturated rings. The molecule has 0 bridgehead atoms. The molecule has 5 rings (SSSR count). The Balaban J connectivity index is 1.47. The molecular weight excluding hydrogens is 432 g/mol. The third-order valence-corrected chi connectivity index (χ3v) is 5.72. The molecule has 1 saturated heterocycles. The Morgan fingerprint density at radius 2 is 2.09 bits per heavy atom. The largest absolute Gasteiger partial charge is 0.437 e. The molecule has 4 aromatic rings. The van der Waals surface area contributed by atoms with Gasteiger partial charge in [-0.2, -0.15) is 5.26 Å². The first-order valence-corrected chi connectivity index (χ1v) is 10.6. The van der Waals surface area contributed by atoms with Crippen molar-refractivity contribution in [2.45, 2.75) is 12.3 Å². The predicted molar refractivity (Wildman–Crippen MR) is 124 cm³/mol. The number of fused-ring (bicyclic) bond motifs is 1. The lowest BCUT2D eigenvalue weighted by molar-refractivity contribution is -0.125. The number of nitrogens with two attached hydrogens (primary N) is 1. The summed E-state index contributed by atoms with van der Waals surface area (Å²) in [6.07, 6.45) is 6.84. The minimum atomic E-state index is -0.0838. The third-order valence-electron chi connectivity index (χ3n) is 5.72. The number of carbonyl (C=O) groups excluding carboxylic acids is 1. The van der Waals surface area contributed by atoms with Crippen molar-refractivity contribution >= 4 is 17.4 Å².